The van der Waals surface area contributed by atoms with Crippen LogP contribution in [0.2, 0.25) is 5.02 Å². The molecule has 1 N–H and O–H groups in total. The molecule has 58 valence electrons. The first-order chi connectivity index (χ1) is 5.24. The highest BCUT2D eigenvalue weighted by Crippen LogP contribution is 2.14. The minimum Gasteiger partial charge on any atom is -0.411 e. The van der Waals surface area contributed by atoms with Gasteiger partial charge >= 0.3 is 0 Å². The third-order valence-corrected chi connectivity index (χ3v) is 1.81. The Morgan fingerprint density at radius 1 is 1.55 bits per heavy atom. The Morgan fingerprint density at radius 3 is 2.82 bits per heavy atom. The molecular weight excluding hydrogens is 162 g/mol. The Bertz CT molecular complexity index is 283. The van der Waals surface area contributed by atoms with E-state index in [1.807, 2.05) is 13.0 Å². The maximum Gasteiger partial charge on any atom is 0.0733 e. The summed E-state index contributed by atoms with van der Waals surface area (Å²) in [4.78, 5) is 0. The number of oxime groups is 1. The van der Waals surface area contributed by atoms with Gasteiger partial charge in [0, 0.05) is 5.02 Å². The molecular formula is C8H8ClNO. The molecule has 11 heavy (non-hydrogen) atoms. The molecule has 0 fully saturated rings. The fourth-order valence-electron chi connectivity index (χ4n) is 0.815. The molecule has 1 rings (SSSR count). The number of aryl methyl sites for hydroxylation is 1. The SMILES string of the molecule is Cc1cc(C=NO)ccc1Cl. The van der Waals surface area contributed by atoms with Crippen molar-refractivity contribution in [3.05, 3.63) is 34.3 Å². The van der Waals surface area contributed by atoms with E-state index in [1.54, 1.807) is 12.1 Å². The Kier molecular flexibility index (Phi) is 2.49. The molecule has 0 heterocycles. The molecule has 2 nitrogen and oxygen atoms in total. The van der Waals surface area contributed by atoms with Gasteiger partial charge in [-0.25, -0.2) is 0 Å². The van der Waals surface area contributed by atoms with Gasteiger partial charge in [0.05, 0.1) is 6.21 Å². The van der Waals surface area contributed by atoms with Crippen molar-refractivity contribution in [3.63, 3.8) is 0 Å². The van der Waals surface area contributed by atoms with Crippen LogP contribution in [0.1, 0.15) is 11.1 Å². The van der Waals surface area contributed by atoms with Gasteiger partial charge in [-0.1, -0.05) is 22.8 Å². The van der Waals surface area contributed by atoms with Crippen molar-refractivity contribution < 1.29 is 5.21 Å². The van der Waals surface area contributed by atoms with Crippen molar-refractivity contribution in [2.75, 3.05) is 0 Å². The lowest BCUT2D eigenvalue weighted by atomic mass is 10.1. The van der Waals surface area contributed by atoms with Crippen LogP contribution in [0.15, 0.2) is 23.4 Å². The van der Waals surface area contributed by atoms with Crippen molar-refractivity contribution in [2.45, 2.75) is 6.92 Å². The van der Waals surface area contributed by atoms with Gasteiger partial charge in [-0.05, 0) is 30.2 Å². The number of hydrogen-bond donors (Lipinski definition) is 1. The molecule has 0 aliphatic heterocycles. The van der Waals surface area contributed by atoms with E-state index in [1.165, 1.54) is 6.21 Å². The quantitative estimate of drug-likeness (QED) is 0.391. The predicted molar refractivity (Wildman–Crippen MR) is 45.6 cm³/mol. The first kappa shape index (κ1) is 8.08. The van der Waals surface area contributed by atoms with Gasteiger partial charge in [0.1, 0.15) is 0 Å². The predicted octanol–water partition coefficient (Wildman–Crippen LogP) is 2.46. The summed E-state index contributed by atoms with van der Waals surface area (Å²) in [6.45, 7) is 1.90. The van der Waals surface area contributed by atoms with Crippen molar-refractivity contribution >= 4 is 17.8 Å². The molecule has 0 atom stereocenters. The van der Waals surface area contributed by atoms with Crippen LogP contribution in [-0.2, 0) is 0 Å². The molecule has 0 amide bonds. The van der Waals surface area contributed by atoms with Crippen LogP contribution in [0.4, 0.5) is 0 Å². The molecule has 1 aromatic rings. The molecule has 0 aliphatic rings. The lowest BCUT2D eigenvalue weighted by molar-refractivity contribution is 0.322. The zero-order chi connectivity index (χ0) is 8.27. The third-order valence-electron chi connectivity index (χ3n) is 1.39. The second-order valence-corrected chi connectivity index (χ2v) is 2.66. The maximum absolute atomic E-state index is 8.22. The lowest BCUT2D eigenvalue weighted by Gasteiger charge is -1.96. The monoisotopic (exact) mass is 169 g/mol. The second-order valence-electron chi connectivity index (χ2n) is 2.25. The Labute approximate surface area is 70.1 Å². The van der Waals surface area contributed by atoms with Crippen LogP contribution in [0.3, 0.4) is 0 Å². The fraction of sp³-hybridized carbons (Fsp3) is 0.125. The smallest absolute Gasteiger partial charge is 0.0733 e. The first-order valence-corrected chi connectivity index (χ1v) is 3.55. The van der Waals surface area contributed by atoms with Crippen molar-refractivity contribution in [3.8, 4) is 0 Å². The van der Waals surface area contributed by atoms with E-state index in [4.69, 9.17) is 16.8 Å². The van der Waals surface area contributed by atoms with E-state index in [9.17, 15) is 0 Å². The average molecular weight is 170 g/mol. The van der Waals surface area contributed by atoms with Gasteiger partial charge in [0.15, 0.2) is 0 Å². The van der Waals surface area contributed by atoms with E-state index in [2.05, 4.69) is 5.16 Å². The Balaban J connectivity index is 3.05. The minimum atomic E-state index is 0.722. The topological polar surface area (TPSA) is 32.6 Å². The zero-order valence-electron chi connectivity index (χ0n) is 6.08. The summed E-state index contributed by atoms with van der Waals surface area (Å²) < 4.78 is 0. The summed E-state index contributed by atoms with van der Waals surface area (Å²) in [5, 5.41) is 11.8. The summed E-state index contributed by atoms with van der Waals surface area (Å²) in [7, 11) is 0. The van der Waals surface area contributed by atoms with Crippen LogP contribution in [0.25, 0.3) is 0 Å². The highest BCUT2D eigenvalue weighted by molar-refractivity contribution is 6.31. The molecule has 0 unspecified atom stereocenters. The number of hydrogen-bond acceptors (Lipinski definition) is 2. The minimum absolute atomic E-state index is 0.722. The average Bonchev–Trinajstić information content (AvgIpc) is 1.98. The van der Waals surface area contributed by atoms with Gasteiger partial charge in [0.2, 0.25) is 0 Å². The first-order valence-electron chi connectivity index (χ1n) is 3.17. The molecule has 0 aliphatic carbocycles. The summed E-state index contributed by atoms with van der Waals surface area (Å²) in [6.07, 6.45) is 1.36. The van der Waals surface area contributed by atoms with Crippen molar-refractivity contribution in [1.29, 1.82) is 0 Å². The maximum atomic E-state index is 8.22. The van der Waals surface area contributed by atoms with E-state index < -0.39 is 0 Å². The summed E-state index contributed by atoms with van der Waals surface area (Å²) in [5.74, 6) is 0. The van der Waals surface area contributed by atoms with Crippen LogP contribution in [0.5, 0.6) is 0 Å². The number of rotatable bonds is 1. The van der Waals surface area contributed by atoms with Crippen LogP contribution in [-0.4, -0.2) is 11.4 Å². The number of benzene rings is 1. The summed E-state index contributed by atoms with van der Waals surface area (Å²) in [5.41, 5.74) is 1.82. The highest BCUT2D eigenvalue weighted by atomic mass is 35.5. The van der Waals surface area contributed by atoms with E-state index in [0.29, 0.717) is 0 Å². The van der Waals surface area contributed by atoms with Gasteiger partial charge in [0.25, 0.3) is 0 Å². The fourth-order valence-corrected chi connectivity index (χ4v) is 0.932. The molecule has 0 bridgehead atoms. The van der Waals surface area contributed by atoms with Crippen molar-refractivity contribution in [1.82, 2.24) is 0 Å². The molecule has 0 saturated heterocycles. The van der Waals surface area contributed by atoms with Crippen LogP contribution in [0, 0.1) is 6.92 Å². The van der Waals surface area contributed by atoms with Crippen LogP contribution < -0.4 is 0 Å². The van der Waals surface area contributed by atoms with E-state index >= 15 is 0 Å². The molecule has 3 heteroatoms. The Morgan fingerprint density at radius 2 is 2.27 bits per heavy atom. The number of halogens is 1. The third kappa shape index (κ3) is 1.95. The van der Waals surface area contributed by atoms with Crippen LogP contribution >= 0.6 is 11.6 Å². The van der Waals surface area contributed by atoms with Crippen molar-refractivity contribution in [2.24, 2.45) is 5.16 Å². The molecule has 1 aromatic carbocycles. The van der Waals surface area contributed by atoms with Gasteiger partial charge in [-0.2, -0.15) is 0 Å². The standard InChI is InChI=1S/C8H8ClNO/c1-6-4-7(5-10-11)2-3-8(6)9/h2-5,11H,1H3. The zero-order valence-corrected chi connectivity index (χ0v) is 6.84. The largest absolute Gasteiger partial charge is 0.411 e. The summed E-state index contributed by atoms with van der Waals surface area (Å²) >= 11 is 5.77. The lowest BCUT2D eigenvalue weighted by Crippen LogP contribution is -1.82. The Hall–Kier alpha value is -1.02. The molecule has 0 saturated carbocycles. The summed E-state index contributed by atoms with van der Waals surface area (Å²) in [6, 6.07) is 5.41. The molecule has 0 radical (unpaired) electrons. The van der Waals surface area contributed by atoms with E-state index in [-0.39, 0.29) is 0 Å². The highest BCUT2D eigenvalue weighted by Gasteiger charge is 1.94. The number of nitrogens with zero attached hydrogens (tertiary/aromatic N) is 1. The van der Waals surface area contributed by atoms with Gasteiger partial charge in [-0.15, -0.1) is 0 Å². The normalized spacial score (nSPS) is 10.7. The van der Waals surface area contributed by atoms with Gasteiger partial charge < -0.3 is 5.21 Å². The molecule has 0 aromatic heterocycles. The van der Waals surface area contributed by atoms with Gasteiger partial charge in [-0.3, -0.25) is 0 Å². The van der Waals surface area contributed by atoms with E-state index in [0.717, 1.165) is 16.1 Å². The second kappa shape index (κ2) is 3.39. The molecule has 0 spiro atoms.